The average molecular weight is 279 g/mol. The van der Waals surface area contributed by atoms with Crippen LogP contribution in [0.3, 0.4) is 0 Å². The molecule has 0 aromatic carbocycles. The summed E-state index contributed by atoms with van der Waals surface area (Å²) in [6.45, 7) is 8.29. The molecule has 5 nitrogen and oxygen atoms in total. The van der Waals surface area contributed by atoms with E-state index in [1.165, 1.54) is 0 Å². The van der Waals surface area contributed by atoms with Crippen molar-refractivity contribution in [1.82, 2.24) is 10.3 Å². The number of carbonyl (C=O) groups excluding carboxylic acids is 1. The molecule has 0 saturated carbocycles. The summed E-state index contributed by atoms with van der Waals surface area (Å²) in [5.74, 6) is 0.870. The van der Waals surface area contributed by atoms with Gasteiger partial charge in [0.2, 0.25) is 0 Å². The van der Waals surface area contributed by atoms with Crippen LogP contribution in [0.5, 0.6) is 5.75 Å². The number of rotatable bonds is 7. The summed E-state index contributed by atoms with van der Waals surface area (Å²) in [5.41, 5.74) is 5.39. The Morgan fingerprint density at radius 1 is 1.50 bits per heavy atom. The summed E-state index contributed by atoms with van der Waals surface area (Å²) >= 11 is 0. The molecular formula is C15H25N3O2. The van der Waals surface area contributed by atoms with Gasteiger partial charge in [0, 0.05) is 18.3 Å². The Morgan fingerprint density at radius 3 is 2.70 bits per heavy atom. The molecule has 1 aromatic rings. The molecule has 0 aliphatic rings. The van der Waals surface area contributed by atoms with Crippen molar-refractivity contribution in [3.8, 4) is 5.75 Å². The Bertz CT molecular complexity index is 422. The quantitative estimate of drug-likeness (QED) is 0.797. The van der Waals surface area contributed by atoms with Crippen molar-refractivity contribution in [2.75, 3.05) is 6.54 Å². The van der Waals surface area contributed by atoms with Crippen LogP contribution < -0.4 is 15.8 Å². The van der Waals surface area contributed by atoms with Gasteiger partial charge in [-0.3, -0.25) is 9.78 Å². The van der Waals surface area contributed by atoms with E-state index >= 15 is 0 Å². The number of nitrogens with one attached hydrogen (secondary N) is 1. The van der Waals surface area contributed by atoms with Crippen molar-refractivity contribution in [1.29, 1.82) is 0 Å². The number of ether oxygens (including phenoxy) is 1. The maximum absolute atomic E-state index is 12.2. The molecule has 1 aromatic heterocycles. The van der Waals surface area contributed by atoms with Gasteiger partial charge in [0.25, 0.3) is 5.91 Å². The second kappa shape index (κ2) is 7.24. The number of carbonyl (C=O) groups is 1. The maximum atomic E-state index is 12.2. The van der Waals surface area contributed by atoms with E-state index in [1.807, 2.05) is 6.92 Å². The Hall–Kier alpha value is -1.62. The predicted molar refractivity (Wildman–Crippen MR) is 79.4 cm³/mol. The summed E-state index contributed by atoms with van der Waals surface area (Å²) in [6.07, 6.45) is 3.48. The molecule has 1 heterocycles. The number of nitrogens with two attached hydrogens (primary N) is 1. The minimum Gasteiger partial charge on any atom is -0.479 e. The molecule has 1 rings (SSSR count). The first-order valence-electron chi connectivity index (χ1n) is 6.95. The van der Waals surface area contributed by atoms with E-state index in [0.29, 0.717) is 18.2 Å². The molecule has 1 amide bonds. The second-order valence-corrected chi connectivity index (χ2v) is 5.80. The number of nitrogens with zero attached hydrogens (tertiary/aromatic N) is 1. The van der Waals surface area contributed by atoms with Gasteiger partial charge in [-0.2, -0.15) is 0 Å². The normalized spacial score (nSPS) is 15.5. The highest BCUT2D eigenvalue weighted by atomic mass is 16.5. The van der Waals surface area contributed by atoms with Gasteiger partial charge in [0.1, 0.15) is 5.75 Å². The summed E-state index contributed by atoms with van der Waals surface area (Å²) in [7, 11) is 0. The van der Waals surface area contributed by atoms with Gasteiger partial charge in [-0.1, -0.05) is 13.8 Å². The van der Waals surface area contributed by atoms with Crippen LogP contribution in [0.2, 0.25) is 0 Å². The van der Waals surface area contributed by atoms with Crippen LogP contribution in [0, 0.1) is 5.92 Å². The lowest BCUT2D eigenvalue weighted by Crippen LogP contribution is -2.55. The fourth-order valence-electron chi connectivity index (χ4n) is 2.16. The van der Waals surface area contributed by atoms with Crippen LogP contribution in [0.15, 0.2) is 24.5 Å². The van der Waals surface area contributed by atoms with Crippen LogP contribution in [-0.2, 0) is 4.79 Å². The van der Waals surface area contributed by atoms with Crippen molar-refractivity contribution in [3.05, 3.63) is 24.5 Å². The first-order valence-corrected chi connectivity index (χ1v) is 6.95. The van der Waals surface area contributed by atoms with Crippen molar-refractivity contribution >= 4 is 5.91 Å². The molecule has 0 spiro atoms. The average Bonchev–Trinajstić information content (AvgIpc) is 2.38. The van der Waals surface area contributed by atoms with Crippen LogP contribution in [0.4, 0.5) is 0 Å². The minimum atomic E-state index is -0.586. The van der Waals surface area contributed by atoms with Crippen LogP contribution in [0.25, 0.3) is 0 Å². The first-order chi connectivity index (χ1) is 9.36. The second-order valence-electron chi connectivity index (χ2n) is 5.80. The molecule has 2 unspecified atom stereocenters. The van der Waals surface area contributed by atoms with Crippen molar-refractivity contribution < 1.29 is 9.53 Å². The third-order valence-corrected chi connectivity index (χ3v) is 3.05. The predicted octanol–water partition coefficient (Wildman–Crippen LogP) is 1.73. The van der Waals surface area contributed by atoms with E-state index in [4.69, 9.17) is 10.5 Å². The fourth-order valence-corrected chi connectivity index (χ4v) is 2.16. The van der Waals surface area contributed by atoms with Crippen LogP contribution >= 0.6 is 0 Å². The van der Waals surface area contributed by atoms with Gasteiger partial charge in [-0.25, -0.2) is 0 Å². The van der Waals surface area contributed by atoms with Gasteiger partial charge in [0.15, 0.2) is 6.10 Å². The molecule has 3 N–H and O–H groups in total. The lowest BCUT2D eigenvalue weighted by atomic mass is 9.90. The van der Waals surface area contributed by atoms with E-state index < -0.39 is 11.6 Å². The highest BCUT2D eigenvalue weighted by Gasteiger charge is 2.28. The van der Waals surface area contributed by atoms with Gasteiger partial charge >= 0.3 is 0 Å². The lowest BCUT2D eigenvalue weighted by molar-refractivity contribution is -0.129. The Morgan fingerprint density at radius 2 is 2.20 bits per heavy atom. The number of hydrogen-bond donors (Lipinski definition) is 2. The number of amides is 1. The molecular weight excluding hydrogens is 254 g/mol. The first kappa shape index (κ1) is 16.4. The number of pyridine rings is 1. The molecule has 0 fully saturated rings. The lowest BCUT2D eigenvalue weighted by Gasteiger charge is -2.32. The van der Waals surface area contributed by atoms with Gasteiger partial charge in [0.05, 0.1) is 6.20 Å². The van der Waals surface area contributed by atoms with Crippen molar-refractivity contribution in [3.63, 3.8) is 0 Å². The highest BCUT2D eigenvalue weighted by Crippen LogP contribution is 2.16. The van der Waals surface area contributed by atoms with Gasteiger partial charge in [-0.15, -0.1) is 0 Å². The highest BCUT2D eigenvalue weighted by molar-refractivity contribution is 5.81. The topological polar surface area (TPSA) is 77.2 Å². The Balaban J connectivity index is 2.60. The van der Waals surface area contributed by atoms with Crippen molar-refractivity contribution in [2.45, 2.75) is 45.8 Å². The molecule has 20 heavy (non-hydrogen) atoms. The Labute approximate surface area is 120 Å². The summed E-state index contributed by atoms with van der Waals surface area (Å²) < 4.78 is 5.56. The molecule has 5 heteroatoms. The molecule has 0 aliphatic carbocycles. The SMILES string of the molecule is CC(C)CC(C)(CN)NC(=O)C(C)Oc1cccnc1. The fraction of sp³-hybridized carbons (Fsp3) is 0.600. The minimum absolute atomic E-state index is 0.164. The summed E-state index contributed by atoms with van der Waals surface area (Å²) in [6, 6.07) is 3.54. The van der Waals surface area contributed by atoms with Gasteiger partial charge in [-0.05, 0) is 38.3 Å². The third kappa shape index (κ3) is 5.17. The zero-order chi connectivity index (χ0) is 15.2. The number of hydrogen-bond acceptors (Lipinski definition) is 4. The summed E-state index contributed by atoms with van der Waals surface area (Å²) in [4.78, 5) is 16.1. The van der Waals surface area contributed by atoms with E-state index in [9.17, 15) is 4.79 Å². The van der Waals surface area contributed by atoms with Crippen LogP contribution in [0.1, 0.15) is 34.1 Å². The number of aromatic nitrogens is 1. The largest absolute Gasteiger partial charge is 0.479 e. The molecule has 112 valence electrons. The molecule has 0 bridgehead atoms. The van der Waals surface area contributed by atoms with E-state index in [1.54, 1.807) is 31.5 Å². The Kier molecular flexibility index (Phi) is 5.95. The molecule has 0 aliphatic heterocycles. The van der Waals surface area contributed by atoms with Crippen molar-refractivity contribution in [2.24, 2.45) is 11.7 Å². The smallest absolute Gasteiger partial charge is 0.261 e. The zero-order valence-corrected chi connectivity index (χ0v) is 12.7. The molecule has 0 radical (unpaired) electrons. The monoisotopic (exact) mass is 279 g/mol. The maximum Gasteiger partial charge on any atom is 0.261 e. The van der Waals surface area contributed by atoms with E-state index in [2.05, 4.69) is 24.1 Å². The third-order valence-electron chi connectivity index (χ3n) is 3.05. The molecule has 2 atom stereocenters. The molecule has 0 saturated heterocycles. The van der Waals surface area contributed by atoms with Gasteiger partial charge < -0.3 is 15.8 Å². The summed E-state index contributed by atoms with van der Waals surface area (Å²) in [5, 5.41) is 2.99. The van der Waals surface area contributed by atoms with E-state index in [0.717, 1.165) is 6.42 Å². The zero-order valence-electron chi connectivity index (χ0n) is 12.7. The van der Waals surface area contributed by atoms with E-state index in [-0.39, 0.29) is 5.91 Å². The van der Waals surface area contributed by atoms with Crippen LogP contribution in [-0.4, -0.2) is 29.1 Å². The standard InChI is InChI=1S/C15H25N3O2/c1-11(2)8-15(4,10-16)18-14(19)12(3)20-13-6-5-7-17-9-13/h5-7,9,11-12H,8,10,16H2,1-4H3,(H,18,19).